The van der Waals surface area contributed by atoms with Gasteiger partial charge in [0.2, 0.25) is 0 Å². The highest BCUT2D eigenvalue weighted by Gasteiger charge is 2.20. The highest BCUT2D eigenvalue weighted by molar-refractivity contribution is 6.09. The van der Waals surface area contributed by atoms with E-state index in [2.05, 4.69) is 15.5 Å². The number of para-hydroxylation sites is 1. The van der Waals surface area contributed by atoms with Gasteiger partial charge in [0.05, 0.1) is 17.5 Å². The number of hydrogen-bond donors (Lipinski definition) is 2. The fourth-order valence-corrected chi connectivity index (χ4v) is 3.32. The maximum Gasteiger partial charge on any atom is 0.261 e. The molecule has 0 saturated carbocycles. The second-order valence-electron chi connectivity index (χ2n) is 7.25. The van der Waals surface area contributed by atoms with Gasteiger partial charge in [-0.2, -0.15) is 5.10 Å². The molecule has 2 amide bonds. The number of nitrogens with one attached hydrogen (secondary N) is 2. The predicted octanol–water partition coefficient (Wildman–Crippen LogP) is 4.42. The van der Waals surface area contributed by atoms with E-state index in [1.165, 1.54) is 24.4 Å². The smallest absolute Gasteiger partial charge is 0.261 e. The van der Waals surface area contributed by atoms with Gasteiger partial charge in [-0.25, -0.2) is 4.39 Å². The molecule has 1 aromatic heterocycles. The van der Waals surface area contributed by atoms with Crippen molar-refractivity contribution in [2.75, 3.05) is 11.9 Å². The zero-order valence-corrected chi connectivity index (χ0v) is 17.4. The molecule has 1 heterocycles. The molecule has 0 spiro atoms. The van der Waals surface area contributed by atoms with Gasteiger partial charge >= 0.3 is 0 Å². The number of rotatable bonds is 6. The van der Waals surface area contributed by atoms with E-state index >= 15 is 0 Å². The molecule has 0 aliphatic rings. The molecule has 3 aromatic carbocycles. The van der Waals surface area contributed by atoms with Gasteiger partial charge in [-0.1, -0.05) is 48.5 Å². The number of nitrogens with zero attached hydrogens (tertiary/aromatic N) is 2. The van der Waals surface area contributed by atoms with Crippen LogP contribution in [0.25, 0.3) is 11.3 Å². The van der Waals surface area contributed by atoms with Gasteiger partial charge in [-0.15, -0.1) is 0 Å². The number of halogens is 1. The van der Waals surface area contributed by atoms with Crippen LogP contribution in [-0.2, 0) is 6.54 Å². The summed E-state index contributed by atoms with van der Waals surface area (Å²) >= 11 is 0. The van der Waals surface area contributed by atoms with Gasteiger partial charge in [0, 0.05) is 30.4 Å². The van der Waals surface area contributed by atoms with Crippen molar-refractivity contribution in [3.63, 3.8) is 0 Å². The Balaban J connectivity index is 1.45. The quantitative estimate of drug-likeness (QED) is 0.477. The molecule has 0 aliphatic heterocycles. The summed E-state index contributed by atoms with van der Waals surface area (Å²) in [7, 11) is 1.72. The molecule has 0 saturated heterocycles. The Morgan fingerprint density at radius 3 is 2.47 bits per heavy atom. The van der Waals surface area contributed by atoms with Crippen molar-refractivity contribution in [3.05, 3.63) is 108 Å². The molecule has 0 bridgehead atoms. The minimum absolute atomic E-state index is 0.175. The molecule has 0 fully saturated rings. The van der Waals surface area contributed by atoms with E-state index in [4.69, 9.17) is 0 Å². The summed E-state index contributed by atoms with van der Waals surface area (Å²) in [5.74, 6) is -0.977. The molecule has 0 radical (unpaired) electrons. The molecule has 0 unspecified atom stereocenters. The van der Waals surface area contributed by atoms with E-state index in [1.807, 2.05) is 54.6 Å². The molecular weight excluding hydrogens is 407 g/mol. The molecule has 6 nitrogen and oxygen atoms in total. The fourth-order valence-electron chi connectivity index (χ4n) is 3.32. The fraction of sp³-hybridized carbons (Fsp3) is 0.0800. The van der Waals surface area contributed by atoms with Crippen LogP contribution in [0.3, 0.4) is 0 Å². The number of aromatic amines is 1. The van der Waals surface area contributed by atoms with Crippen molar-refractivity contribution >= 4 is 17.5 Å². The molecule has 160 valence electrons. The third-order valence-corrected chi connectivity index (χ3v) is 5.10. The Kier molecular flexibility index (Phi) is 6.07. The second kappa shape index (κ2) is 9.26. The zero-order valence-electron chi connectivity index (χ0n) is 17.4. The molecule has 7 heteroatoms. The zero-order chi connectivity index (χ0) is 22.5. The number of amides is 2. The Morgan fingerprint density at radius 2 is 1.75 bits per heavy atom. The van der Waals surface area contributed by atoms with Gasteiger partial charge in [0.15, 0.2) is 0 Å². The maximum atomic E-state index is 13.3. The lowest BCUT2D eigenvalue weighted by molar-refractivity contribution is 0.0949. The van der Waals surface area contributed by atoms with Crippen molar-refractivity contribution in [1.29, 1.82) is 0 Å². The monoisotopic (exact) mass is 428 g/mol. The Hall–Kier alpha value is -4.26. The molecule has 4 aromatic rings. The summed E-state index contributed by atoms with van der Waals surface area (Å²) in [4.78, 5) is 26.8. The average Bonchev–Trinajstić information content (AvgIpc) is 3.32. The summed E-state index contributed by atoms with van der Waals surface area (Å²) in [5, 5.41) is 9.73. The Labute approximate surface area is 184 Å². The number of anilines is 1. The molecule has 0 atom stereocenters. The van der Waals surface area contributed by atoms with Crippen LogP contribution in [0.4, 0.5) is 10.1 Å². The number of carbonyl (C=O) groups is 2. The first-order valence-corrected chi connectivity index (χ1v) is 10.0. The molecular formula is C25H21FN4O2. The highest BCUT2D eigenvalue weighted by atomic mass is 19.1. The summed E-state index contributed by atoms with van der Waals surface area (Å²) in [6, 6.07) is 22.4. The highest BCUT2D eigenvalue weighted by Crippen LogP contribution is 2.24. The first kappa shape index (κ1) is 21.0. The summed E-state index contributed by atoms with van der Waals surface area (Å²) in [6.45, 7) is 0.293. The van der Waals surface area contributed by atoms with Crippen molar-refractivity contribution in [2.45, 2.75) is 6.54 Å². The van der Waals surface area contributed by atoms with Crippen molar-refractivity contribution in [3.8, 4) is 11.3 Å². The molecule has 2 N–H and O–H groups in total. The van der Waals surface area contributed by atoms with E-state index in [9.17, 15) is 14.0 Å². The lowest BCUT2D eigenvalue weighted by Crippen LogP contribution is -2.26. The Bertz CT molecular complexity index is 1240. The lowest BCUT2D eigenvalue weighted by atomic mass is 10.0. The van der Waals surface area contributed by atoms with Crippen LogP contribution in [-0.4, -0.2) is 29.1 Å². The van der Waals surface area contributed by atoms with Gasteiger partial charge < -0.3 is 10.2 Å². The standard InChI is InChI=1S/C25H21FN4O2/c1-30(21-8-3-2-4-9-21)25(32)22-16-28-29-23(22)18-12-10-17(11-13-18)15-27-24(31)19-6-5-7-20(26)14-19/h2-14,16H,15H2,1H3,(H,27,31)(H,28,29). The second-order valence-corrected chi connectivity index (χ2v) is 7.25. The topological polar surface area (TPSA) is 78.1 Å². The number of aromatic nitrogens is 2. The molecule has 0 aliphatic carbocycles. The van der Waals surface area contributed by atoms with Crippen molar-refractivity contribution in [2.24, 2.45) is 0 Å². The molecule has 4 rings (SSSR count). The Morgan fingerprint density at radius 1 is 1.00 bits per heavy atom. The van der Waals surface area contributed by atoms with Crippen LogP contribution in [0.1, 0.15) is 26.3 Å². The van der Waals surface area contributed by atoms with Gasteiger partial charge in [0.25, 0.3) is 11.8 Å². The van der Waals surface area contributed by atoms with E-state index < -0.39 is 5.82 Å². The van der Waals surface area contributed by atoms with E-state index in [0.29, 0.717) is 17.8 Å². The van der Waals surface area contributed by atoms with E-state index in [-0.39, 0.29) is 17.4 Å². The largest absolute Gasteiger partial charge is 0.348 e. The SMILES string of the molecule is CN(C(=O)c1cn[nH]c1-c1ccc(CNC(=O)c2cccc(F)c2)cc1)c1ccccc1. The maximum absolute atomic E-state index is 13.3. The lowest BCUT2D eigenvalue weighted by Gasteiger charge is -2.17. The van der Waals surface area contributed by atoms with Crippen molar-refractivity contribution < 1.29 is 14.0 Å². The third-order valence-electron chi connectivity index (χ3n) is 5.10. The van der Waals surface area contributed by atoms with Gasteiger partial charge in [-0.3, -0.25) is 14.7 Å². The minimum Gasteiger partial charge on any atom is -0.348 e. The summed E-state index contributed by atoms with van der Waals surface area (Å²) < 4.78 is 13.3. The van der Waals surface area contributed by atoms with Gasteiger partial charge in [0.1, 0.15) is 5.82 Å². The number of carbonyl (C=O) groups excluding carboxylic acids is 2. The first-order valence-electron chi connectivity index (χ1n) is 10.0. The van der Waals surface area contributed by atoms with Crippen LogP contribution in [0, 0.1) is 5.82 Å². The van der Waals surface area contributed by atoms with Crippen LogP contribution in [0.15, 0.2) is 85.1 Å². The minimum atomic E-state index is -0.454. The third kappa shape index (κ3) is 4.57. The predicted molar refractivity (Wildman–Crippen MR) is 121 cm³/mol. The van der Waals surface area contributed by atoms with Crippen molar-refractivity contribution in [1.82, 2.24) is 15.5 Å². The van der Waals surface area contributed by atoms with Crippen LogP contribution in [0.5, 0.6) is 0 Å². The van der Waals surface area contributed by atoms with Gasteiger partial charge in [-0.05, 0) is 35.9 Å². The summed E-state index contributed by atoms with van der Waals surface area (Å²) in [6.07, 6.45) is 1.52. The number of hydrogen-bond acceptors (Lipinski definition) is 3. The van der Waals surface area contributed by atoms with Crippen LogP contribution in [0.2, 0.25) is 0 Å². The van der Waals surface area contributed by atoms with Crippen LogP contribution < -0.4 is 10.2 Å². The van der Waals surface area contributed by atoms with Crippen LogP contribution >= 0.6 is 0 Å². The average molecular weight is 428 g/mol. The molecule has 32 heavy (non-hydrogen) atoms. The van der Waals surface area contributed by atoms with E-state index in [0.717, 1.165) is 16.8 Å². The number of benzene rings is 3. The first-order chi connectivity index (χ1) is 15.5. The number of H-pyrrole nitrogens is 1. The summed E-state index contributed by atoms with van der Waals surface area (Å²) in [5.41, 5.74) is 3.80. The normalized spacial score (nSPS) is 10.6. The van der Waals surface area contributed by atoms with E-state index in [1.54, 1.807) is 18.0 Å².